The summed E-state index contributed by atoms with van der Waals surface area (Å²) in [6.07, 6.45) is 8.02. The number of nitrogens with two attached hydrogens (primary N) is 1. The van der Waals surface area contributed by atoms with E-state index < -0.39 is 6.10 Å². The summed E-state index contributed by atoms with van der Waals surface area (Å²) < 4.78 is 5.53. The molecule has 2 aromatic rings. The van der Waals surface area contributed by atoms with Gasteiger partial charge in [-0.15, -0.1) is 0 Å². The van der Waals surface area contributed by atoms with Crippen molar-refractivity contribution in [1.29, 1.82) is 0 Å². The molecule has 1 aliphatic rings. The summed E-state index contributed by atoms with van der Waals surface area (Å²) in [5.41, 5.74) is 7.48. The highest BCUT2D eigenvalue weighted by Gasteiger charge is 2.22. The Balaban J connectivity index is 1.23. The number of aliphatic hydroxyl groups is 1. The van der Waals surface area contributed by atoms with Crippen molar-refractivity contribution in [3.8, 4) is 11.5 Å². The number of aliphatic hydroxyl groups excluding tert-OH is 1. The van der Waals surface area contributed by atoms with E-state index in [1.165, 1.54) is 5.56 Å². The van der Waals surface area contributed by atoms with E-state index in [1.807, 2.05) is 4.90 Å². The van der Waals surface area contributed by atoms with Gasteiger partial charge < -0.3 is 36.2 Å². The molecule has 6 N–H and O–H groups in total. The first-order chi connectivity index (χ1) is 19.4. The Labute approximate surface area is 238 Å². The third-order valence-corrected chi connectivity index (χ3v) is 7.24. The van der Waals surface area contributed by atoms with Gasteiger partial charge in [0.1, 0.15) is 24.2 Å². The number of nitrogens with zero attached hydrogens (tertiary/aromatic N) is 1. The molecule has 3 rings (SSSR count). The molecule has 1 unspecified atom stereocenters. The number of nitrogens with one attached hydrogen (secondary N) is 2. The molecule has 0 saturated carbocycles. The minimum atomic E-state index is -0.618. The second-order valence-electron chi connectivity index (χ2n) is 10.6. The lowest BCUT2D eigenvalue weighted by atomic mass is 10.0. The standard InChI is InChI=1S/C31H46N4O5/c32-30(38)6-4-2-1-3-5-7-31(39)35-20-17-26(18-21-35)34-25-10-8-24(9-11-25)16-19-33-22-28(37)23-40-29-14-12-27(36)13-15-29/h8-15,26,28,33-34,36-37H,1-7,16-23H2,(H2,32,38). The normalized spacial score (nSPS) is 14.6. The zero-order valence-electron chi connectivity index (χ0n) is 23.5. The number of benzene rings is 2. The maximum Gasteiger partial charge on any atom is 0.222 e. The van der Waals surface area contributed by atoms with Crippen molar-refractivity contribution in [2.45, 2.75) is 76.4 Å². The smallest absolute Gasteiger partial charge is 0.222 e. The number of anilines is 1. The summed E-state index contributed by atoms with van der Waals surface area (Å²) in [6, 6.07) is 15.3. The molecule has 9 heteroatoms. The molecule has 1 atom stereocenters. The van der Waals surface area contributed by atoms with Crippen molar-refractivity contribution in [3.05, 3.63) is 54.1 Å². The average Bonchev–Trinajstić information content (AvgIpc) is 2.95. The first kappa shape index (κ1) is 31.2. The number of primary amides is 1. The van der Waals surface area contributed by atoms with Gasteiger partial charge in [0.25, 0.3) is 0 Å². The monoisotopic (exact) mass is 554 g/mol. The second kappa shape index (κ2) is 17.4. The van der Waals surface area contributed by atoms with Gasteiger partial charge in [0.2, 0.25) is 11.8 Å². The van der Waals surface area contributed by atoms with Crippen LogP contribution in [0.5, 0.6) is 11.5 Å². The van der Waals surface area contributed by atoms with Gasteiger partial charge in [0.05, 0.1) is 0 Å². The fraction of sp³-hybridized carbons (Fsp3) is 0.548. The van der Waals surface area contributed by atoms with Crippen LogP contribution in [-0.4, -0.2) is 71.9 Å². The Morgan fingerprint density at radius 2 is 1.60 bits per heavy atom. The van der Waals surface area contributed by atoms with Gasteiger partial charge in [0, 0.05) is 44.2 Å². The van der Waals surface area contributed by atoms with Crippen molar-refractivity contribution in [3.63, 3.8) is 0 Å². The van der Waals surface area contributed by atoms with Gasteiger partial charge in [-0.2, -0.15) is 0 Å². The van der Waals surface area contributed by atoms with E-state index in [-0.39, 0.29) is 24.2 Å². The Morgan fingerprint density at radius 3 is 2.27 bits per heavy atom. The molecular weight excluding hydrogens is 508 g/mol. The van der Waals surface area contributed by atoms with E-state index in [2.05, 4.69) is 34.9 Å². The van der Waals surface area contributed by atoms with Crippen LogP contribution in [0.1, 0.15) is 63.4 Å². The Morgan fingerprint density at radius 1 is 0.950 bits per heavy atom. The van der Waals surface area contributed by atoms with Crippen molar-refractivity contribution in [2.24, 2.45) is 5.73 Å². The van der Waals surface area contributed by atoms with Gasteiger partial charge >= 0.3 is 0 Å². The van der Waals surface area contributed by atoms with Crippen molar-refractivity contribution in [2.75, 3.05) is 38.1 Å². The SMILES string of the molecule is NC(=O)CCCCCCCC(=O)N1CCC(Nc2ccc(CCNCC(O)COc3ccc(O)cc3)cc2)CC1. The predicted molar refractivity (Wildman–Crippen MR) is 157 cm³/mol. The van der Waals surface area contributed by atoms with Crippen LogP contribution in [-0.2, 0) is 16.0 Å². The Kier molecular flexibility index (Phi) is 13.6. The quantitative estimate of drug-likeness (QED) is 0.178. The summed E-state index contributed by atoms with van der Waals surface area (Å²) in [5, 5.41) is 26.3. The lowest BCUT2D eigenvalue weighted by Gasteiger charge is -2.33. The number of piperidine rings is 1. The van der Waals surface area contributed by atoms with Crippen molar-refractivity contribution >= 4 is 17.5 Å². The first-order valence-electron chi connectivity index (χ1n) is 14.6. The van der Waals surface area contributed by atoms with Gasteiger partial charge in [-0.1, -0.05) is 31.4 Å². The minimum absolute atomic E-state index is 0.182. The van der Waals surface area contributed by atoms with Gasteiger partial charge in [0.15, 0.2) is 0 Å². The molecule has 220 valence electrons. The summed E-state index contributed by atoms with van der Waals surface area (Å²) in [7, 11) is 0. The fourth-order valence-corrected chi connectivity index (χ4v) is 4.84. The molecule has 1 saturated heterocycles. The van der Waals surface area contributed by atoms with Crippen LogP contribution in [0.2, 0.25) is 0 Å². The molecule has 1 fully saturated rings. The molecular formula is C31H46N4O5. The molecule has 9 nitrogen and oxygen atoms in total. The van der Waals surface area contributed by atoms with Crippen LogP contribution >= 0.6 is 0 Å². The minimum Gasteiger partial charge on any atom is -0.508 e. The third-order valence-electron chi connectivity index (χ3n) is 7.24. The largest absolute Gasteiger partial charge is 0.508 e. The average molecular weight is 555 g/mol. The van der Waals surface area contributed by atoms with Crippen LogP contribution in [0.25, 0.3) is 0 Å². The lowest BCUT2D eigenvalue weighted by molar-refractivity contribution is -0.132. The molecule has 2 aromatic carbocycles. The summed E-state index contributed by atoms with van der Waals surface area (Å²) in [5.74, 6) is 0.813. The van der Waals surface area contributed by atoms with Gasteiger partial charge in [-0.05, 0) is 80.6 Å². The number of aromatic hydroxyl groups is 1. The van der Waals surface area contributed by atoms with Gasteiger partial charge in [-0.25, -0.2) is 0 Å². The number of carbonyl (C=O) groups excluding carboxylic acids is 2. The molecule has 1 heterocycles. The predicted octanol–water partition coefficient (Wildman–Crippen LogP) is 3.58. The second-order valence-corrected chi connectivity index (χ2v) is 10.6. The molecule has 0 aromatic heterocycles. The number of phenolic OH excluding ortho intramolecular Hbond substituents is 1. The molecule has 0 spiro atoms. The van der Waals surface area contributed by atoms with Crippen LogP contribution < -0.4 is 21.1 Å². The number of phenols is 1. The lowest BCUT2D eigenvalue weighted by Crippen LogP contribution is -2.42. The number of ether oxygens (including phenoxy) is 1. The number of carbonyl (C=O) groups is 2. The number of hydrogen-bond donors (Lipinski definition) is 5. The van der Waals surface area contributed by atoms with E-state index in [1.54, 1.807) is 24.3 Å². The number of likely N-dealkylation sites (tertiary alicyclic amines) is 1. The summed E-state index contributed by atoms with van der Waals surface area (Å²) >= 11 is 0. The maximum absolute atomic E-state index is 12.5. The molecule has 0 bridgehead atoms. The number of rotatable bonds is 18. The zero-order valence-corrected chi connectivity index (χ0v) is 23.5. The highest BCUT2D eigenvalue weighted by molar-refractivity contribution is 5.76. The van der Waals surface area contributed by atoms with E-state index >= 15 is 0 Å². The zero-order chi connectivity index (χ0) is 28.6. The maximum atomic E-state index is 12.5. The number of amides is 2. The van der Waals surface area contributed by atoms with E-state index in [4.69, 9.17) is 10.5 Å². The van der Waals surface area contributed by atoms with Crippen molar-refractivity contribution in [1.82, 2.24) is 10.2 Å². The number of unbranched alkanes of at least 4 members (excludes halogenated alkanes) is 4. The molecule has 0 aliphatic carbocycles. The number of hydrogen-bond acceptors (Lipinski definition) is 7. The van der Waals surface area contributed by atoms with Gasteiger partial charge in [-0.3, -0.25) is 9.59 Å². The molecule has 2 amide bonds. The summed E-state index contributed by atoms with van der Waals surface area (Å²) in [4.78, 5) is 25.3. The van der Waals surface area contributed by atoms with Crippen LogP contribution in [0.3, 0.4) is 0 Å². The fourth-order valence-electron chi connectivity index (χ4n) is 4.84. The molecule has 40 heavy (non-hydrogen) atoms. The van der Waals surface area contributed by atoms with Crippen LogP contribution in [0, 0.1) is 0 Å². The van der Waals surface area contributed by atoms with E-state index in [0.717, 1.165) is 76.7 Å². The van der Waals surface area contributed by atoms with Crippen LogP contribution in [0.4, 0.5) is 5.69 Å². The molecule has 1 aliphatic heterocycles. The van der Waals surface area contributed by atoms with E-state index in [0.29, 0.717) is 31.2 Å². The Hall–Kier alpha value is -3.30. The topological polar surface area (TPSA) is 137 Å². The summed E-state index contributed by atoms with van der Waals surface area (Å²) in [6.45, 7) is 2.98. The van der Waals surface area contributed by atoms with E-state index in [9.17, 15) is 19.8 Å². The molecule has 0 radical (unpaired) electrons. The van der Waals surface area contributed by atoms with Crippen molar-refractivity contribution < 1.29 is 24.5 Å². The third kappa shape index (κ3) is 12.3. The Bertz CT molecular complexity index is 1010. The highest BCUT2D eigenvalue weighted by atomic mass is 16.5. The first-order valence-corrected chi connectivity index (χ1v) is 14.6. The van der Waals surface area contributed by atoms with Crippen LogP contribution in [0.15, 0.2) is 48.5 Å². The highest BCUT2D eigenvalue weighted by Crippen LogP contribution is 2.19.